The summed E-state index contributed by atoms with van der Waals surface area (Å²) in [4.78, 5) is 2.34. The first-order valence-electron chi connectivity index (χ1n) is 8.53. The average molecular weight is 421 g/mol. The molecule has 3 rings (SSSR count). The third-order valence-corrected chi connectivity index (χ3v) is 4.95. The van der Waals surface area contributed by atoms with Gasteiger partial charge in [0.05, 0.1) is 34.6 Å². The lowest BCUT2D eigenvalue weighted by Gasteiger charge is -2.26. The van der Waals surface area contributed by atoms with E-state index in [0.717, 1.165) is 44.2 Å². The standard InChI is InChI=1S/C18H23Cl2N3O2.ClH/c1-13(2)17-12-18(25-10-7-22-5-8-24-9-6-22)21-23(17)14-3-4-15(19)16(20)11-14;/h3-4,11-13H,5-10H2,1-2H3;1H. The summed E-state index contributed by atoms with van der Waals surface area (Å²) in [6.07, 6.45) is 0. The van der Waals surface area contributed by atoms with Crippen molar-refractivity contribution >= 4 is 35.6 Å². The number of nitrogens with zero attached hydrogens (tertiary/aromatic N) is 3. The van der Waals surface area contributed by atoms with Crippen LogP contribution in [-0.4, -0.2) is 54.1 Å². The second kappa shape index (κ2) is 9.81. The maximum atomic E-state index is 6.15. The number of aromatic nitrogens is 2. The number of hydrogen-bond donors (Lipinski definition) is 0. The molecule has 0 aliphatic carbocycles. The summed E-state index contributed by atoms with van der Waals surface area (Å²) in [5, 5.41) is 5.65. The molecule has 26 heavy (non-hydrogen) atoms. The molecule has 0 atom stereocenters. The number of benzene rings is 1. The molecule has 1 aromatic carbocycles. The highest BCUT2D eigenvalue weighted by molar-refractivity contribution is 6.42. The van der Waals surface area contributed by atoms with E-state index in [4.69, 9.17) is 32.7 Å². The van der Waals surface area contributed by atoms with Gasteiger partial charge in [-0.1, -0.05) is 37.0 Å². The zero-order chi connectivity index (χ0) is 17.8. The maximum absolute atomic E-state index is 6.15. The molecule has 0 spiro atoms. The topological polar surface area (TPSA) is 39.5 Å². The van der Waals surface area contributed by atoms with Gasteiger partial charge in [-0.2, -0.15) is 0 Å². The molecule has 2 heterocycles. The molecule has 2 aromatic rings. The Balaban J connectivity index is 0.00000243. The Kier molecular flexibility index (Phi) is 8.05. The summed E-state index contributed by atoms with van der Waals surface area (Å²) in [7, 11) is 0. The summed E-state index contributed by atoms with van der Waals surface area (Å²) < 4.78 is 13.1. The largest absolute Gasteiger partial charge is 0.475 e. The lowest BCUT2D eigenvalue weighted by Crippen LogP contribution is -2.38. The van der Waals surface area contributed by atoms with Crippen LogP contribution in [0.25, 0.3) is 5.69 Å². The SMILES string of the molecule is CC(C)c1cc(OCCN2CCOCC2)nn1-c1ccc(Cl)c(Cl)c1.Cl. The van der Waals surface area contributed by atoms with Crippen LogP contribution in [0.4, 0.5) is 0 Å². The van der Waals surface area contributed by atoms with Crippen molar-refractivity contribution in [2.45, 2.75) is 19.8 Å². The van der Waals surface area contributed by atoms with Crippen molar-refractivity contribution in [3.8, 4) is 11.6 Å². The number of morpholine rings is 1. The van der Waals surface area contributed by atoms with Gasteiger partial charge in [0.1, 0.15) is 6.61 Å². The quantitative estimate of drug-likeness (QED) is 0.693. The summed E-state index contributed by atoms with van der Waals surface area (Å²) in [5.74, 6) is 0.932. The molecule has 1 aliphatic rings. The van der Waals surface area contributed by atoms with Crippen LogP contribution in [0.1, 0.15) is 25.5 Å². The van der Waals surface area contributed by atoms with Gasteiger partial charge in [-0.15, -0.1) is 17.5 Å². The van der Waals surface area contributed by atoms with E-state index in [0.29, 0.717) is 28.5 Å². The molecule has 1 fully saturated rings. The molecule has 0 unspecified atom stereocenters. The average Bonchev–Trinajstić information content (AvgIpc) is 3.03. The molecular formula is C18H24Cl3N3O2. The monoisotopic (exact) mass is 419 g/mol. The molecule has 5 nitrogen and oxygen atoms in total. The molecule has 1 saturated heterocycles. The summed E-state index contributed by atoms with van der Waals surface area (Å²) in [6, 6.07) is 7.50. The lowest BCUT2D eigenvalue weighted by molar-refractivity contribution is 0.0320. The van der Waals surface area contributed by atoms with Crippen LogP contribution in [0.3, 0.4) is 0 Å². The second-order valence-corrected chi connectivity index (χ2v) is 7.19. The van der Waals surface area contributed by atoms with E-state index >= 15 is 0 Å². The summed E-state index contributed by atoms with van der Waals surface area (Å²) in [5.41, 5.74) is 1.95. The Morgan fingerprint density at radius 3 is 2.54 bits per heavy atom. The van der Waals surface area contributed by atoms with E-state index in [2.05, 4.69) is 23.8 Å². The molecular weight excluding hydrogens is 397 g/mol. The van der Waals surface area contributed by atoms with Crippen molar-refractivity contribution in [3.05, 3.63) is 40.0 Å². The fourth-order valence-corrected chi connectivity index (χ4v) is 3.07. The van der Waals surface area contributed by atoms with Gasteiger partial charge in [-0.25, -0.2) is 4.68 Å². The first-order valence-corrected chi connectivity index (χ1v) is 9.28. The maximum Gasteiger partial charge on any atom is 0.233 e. The van der Waals surface area contributed by atoms with Crippen LogP contribution in [0.5, 0.6) is 5.88 Å². The van der Waals surface area contributed by atoms with E-state index in [-0.39, 0.29) is 12.4 Å². The smallest absolute Gasteiger partial charge is 0.233 e. The number of ether oxygens (including phenoxy) is 2. The molecule has 0 radical (unpaired) electrons. The zero-order valence-corrected chi connectivity index (χ0v) is 17.3. The van der Waals surface area contributed by atoms with Gasteiger partial charge in [0.15, 0.2) is 0 Å². The molecule has 0 bridgehead atoms. The minimum atomic E-state index is 0. The van der Waals surface area contributed by atoms with Crippen molar-refractivity contribution in [1.82, 2.24) is 14.7 Å². The number of halogens is 3. The Morgan fingerprint density at radius 2 is 1.88 bits per heavy atom. The van der Waals surface area contributed by atoms with Crippen molar-refractivity contribution < 1.29 is 9.47 Å². The third kappa shape index (κ3) is 5.27. The van der Waals surface area contributed by atoms with Crippen molar-refractivity contribution in [2.24, 2.45) is 0 Å². The van der Waals surface area contributed by atoms with Crippen LogP contribution in [-0.2, 0) is 4.74 Å². The predicted molar refractivity (Wildman–Crippen MR) is 108 cm³/mol. The summed E-state index contributed by atoms with van der Waals surface area (Å²) in [6.45, 7) is 9.24. The van der Waals surface area contributed by atoms with Gasteiger partial charge < -0.3 is 9.47 Å². The molecule has 0 amide bonds. The van der Waals surface area contributed by atoms with Gasteiger partial charge in [-0.3, -0.25) is 4.90 Å². The van der Waals surface area contributed by atoms with E-state index < -0.39 is 0 Å². The Hall–Kier alpha value is -0.980. The van der Waals surface area contributed by atoms with Gasteiger partial charge in [0.25, 0.3) is 0 Å². The lowest BCUT2D eigenvalue weighted by atomic mass is 10.1. The Bertz CT molecular complexity index is 716. The Labute approximate surface area is 170 Å². The fourth-order valence-electron chi connectivity index (χ4n) is 2.78. The molecule has 0 N–H and O–H groups in total. The van der Waals surface area contributed by atoms with Crippen molar-refractivity contribution in [2.75, 3.05) is 39.5 Å². The van der Waals surface area contributed by atoms with E-state index in [1.54, 1.807) is 6.07 Å². The second-order valence-electron chi connectivity index (χ2n) is 6.37. The Morgan fingerprint density at radius 1 is 1.15 bits per heavy atom. The highest BCUT2D eigenvalue weighted by Crippen LogP contribution is 2.28. The van der Waals surface area contributed by atoms with Gasteiger partial charge in [0.2, 0.25) is 5.88 Å². The third-order valence-electron chi connectivity index (χ3n) is 4.21. The predicted octanol–water partition coefficient (Wildman–Crippen LogP) is 4.44. The minimum absolute atomic E-state index is 0. The summed E-state index contributed by atoms with van der Waals surface area (Å²) >= 11 is 12.2. The van der Waals surface area contributed by atoms with E-state index in [1.165, 1.54) is 0 Å². The van der Waals surface area contributed by atoms with E-state index in [9.17, 15) is 0 Å². The van der Waals surface area contributed by atoms with Gasteiger partial charge >= 0.3 is 0 Å². The normalized spacial score (nSPS) is 15.1. The van der Waals surface area contributed by atoms with Crippen molar-refractivity contribution in [3.63, 3.8) is 0 Å². The fraction of sp³-hybridized carbons (Fsp3) is 0.500. The highest BCUT2D eigenvalue weighted by Gasteiger charge is 2.15. The van der Waals surface area contributed by atoms with Crippen molar-refractivity contribution in [1.29, 1.82) is 0 Å². The molecule has 1 aliphatic heterocycles. The van der Waals surface area contributed by atoms with Crippen LogP contribution in [0.2, 0.25) is 10.0 Å². The molecule has 8 heteroatoms. The van der Waals surface area contributed by atoms with E-state index in [1.807, 2.05) is 22.9 Å². The minimum Gasteiger partial charge on any atom is -0.475 e. The molecule has 1 aromatic heterocycles. The first-order chi connectivity index (χ1) is 12.0. The van der Waals surface area contributed by atoms with Crippen LogP contribution in [0.15, 0.2) is 24.3 Å². The highest BCUT2D eigenvalue weighted by atomic mass is 35.5. The molecule has 0 saturated carbocycles. The zero-order valence-electron chi connectivity index (χ0n) is 15.0. The van der Waals surface area contributed by atoms with Crippen LogP contribution >= 0.6 is 35.6 Å². The molecule has 144 valence electrons. The van der Waals surface area contributed by atoms with Crippen LogP contribution in [0, 0.1) is 0 Å². The number of rotatable bonds is 6. The van der Waals surface area contributed by atoms with Crippen LogP contribution < -0.4 is 4.74 Å². The first kappa shape index (κ1) is 21.3. The van der Waals surface area contributed by atoms with Gasteiger partial charge in [0, 0.05) is 25.7 Å². The van der Waals surface area contributed by atoms with Gasteiger partial charge in [-0.05, 0) is 24.1 Å². The number of hydrogen-bond acceptors (Lipinski definition) is 4.